The Hall–Kier alpha value is -3.03. The number of nitrogens with zero attached hydrogens (tertiary/aromatic N) is 2. The van der Waals surface area contributed by atoms with E-state index in [1.54, 1.807) is 28.7 Å². The van der Waals surface area contributed by atoms with Crippen molar-refractivity contribution in [3.05, 3.63) is 30.5 Å². The lowest BCUT2D eigenvalue weighted by Crippen LogP contribution is -2.44. The molecule has 0 bridgehead atoms. The number of aliphatic carboxylic acids is 1. The van der Waals surface area contributed by atoms with Crippen LogP contribution in [0.3, 0.4) is 0 Å². The highest BCUT2D eigenvalue weighted by Crippen LogP contribution is 2.22. The fraction of sp³-hybridized carbons (Fsp3) is 0.421. The molecule has 27 heavy (non-hydrogen) atoms. The molecular weight excluding hydrogens is 350 g/mol. The van der Waals surface area contributed by atoms with Crippen LogP contribution in [0.1, 0.15) is 19.8 Å². The highest BCUT2D eigenvalue weighted by atomic mass is 16.5. The molecule has 8 heteroatoms. The first kappa shape index (κ1) is 18.8. The third-order valence-electron chi connectivity index (χ3n) is 4.68. The number of aromatic nitrogens is 1. The van der Waals surface area contributed by atoms with Crippen LogP contribution in [0.2, 0.25) is 0 Å². The number of carbonyl (C=O) groups excluding carboxylic acids is 2. The number of benzene rings is 1. The lowest BCUT2D eigenvalue weighted by Gasteiger charge is -2.30. The van der Waals surface area contributed by atoms with E-state index in [9.17, 15) is 14.4 Å². The SMILES string of the molecule is CCOC(=O)Cn1ccc2cc(NC(=O)N3CCCC(C(=O)O)C3)ccc21. The van der Waals surface area contributed by atoms with E-state index in [-0.39, 0.29) is 25.1 Å². The summed E-state index contributed by atoms with van der Waals surface area (Å²) in [5, 5.41) is 12.9. The molecule has 1 fully saturated rings. The van der Waals surface area contributed by atoms with Crippen LogP contribution in [-0.4, -0.2) is 52.2 Å². The monoisotopic (exact) mass is 373 g/mol. The Morgan fingerprint density at radius 2 is 2.11 bits per heavy atom. The molecule has 0 saturated carbocycles. The number of hydrogen-bond acceptors (Lipinski definition) is 4. The van der Waals surface area contributed by atoms with Crippen LogP contribution in [-0.2, 0) is 20.9 Å². The largest absolute Gasteiger partial charge is 0.481 e. The van der Waals surface area contributed by atoms with Crippen molar-refractivity contribution in [3.63, 3.8) is 0 Å². The number of hydrogen-bond donors (Lipinski definition) is 2. The molecule has 0 radical (unpaired) electrons. The smallest absolute Gasteiger partial charge is 0.325 e. The molecule has 8 nitrogen and oxygen atoms in total. The second kappa shape index (κ2) is 8.11. The van der Waals surface area contributed by atoms with Gasteiger partial charge in [0.05, 0.1) is 12.5 Å². The predicted molar refractivity (Wildman–Crippen MR) is 99.5 cm³/mol. The van der Waals surface area contributed by atoms with Gasteiger partial charge in [-0.1, -0.05) is 0 Å². The molecule has 2 N–H and O–H groups in total. The molecule has 2 heterocycles. The van der Waals surface area contributed by atoms with Crippen molar-refractivity contribution in [2.75, 3.05) is 25.0 Å². The van der Waals surface area contributed by atoms with Crippen LogP contribution in [0, 0.1) is 5.92 Å². The maximum Gasteiger partial charge on any atom is 0.325 e. The van der Waals surface area contributed by atoms with E-state index >= 15 is 0 Å². The second-order valence-electron chi connectivity index (χ2n) is 6.58. The quantitative estimate of drug-likeness (QED) is 0.785. The molecule has 0 aliphatic carbocycles. The lowest BCUT2D eigenvalue weighted by atomic mass is 9.99. The van der Waals surface area contributed by atoms with Crippen molar-refractivity contribution in [3.8, 4) is 0 Å². The first-order valence-electron chi connectivity index (χ1n) is 9.01. The van der Waals surface area contributed by atoms with Crippen molar-refractivity contribution < 1.29 is 24.2 Å². The first-order chi connectivity index (χ1) is 13.0. The molecule has 1 saturated heterocycles. The number of fused-ring (bicyclic) bond motifs is 1. The Morgan fingerprint density at radius 3 is 2.85 bits per heavy atom. The van der Waals surface area contributed by atoms with Crippen LogP contribution in [0.25, 0.3) is 10.9 Å². The number of nitrogens with one attached hydrogen (secondary N) is 1. The number of esters is 1. The van der Waals surface area contributed by atoms with Crippen LogP contribution in [0.15, 0.2) is 30.5 Å². The van der Waals surface area contributed by atoms with Crippen LogP contribution in [0.4, 0.5) is 10.5 Å². The summed E-state index contributed by atoms with van der Waals surface area (Å²) in [6.45, 7) is 3.01. The van der Waals surface area contributed by atoms with Gasteiger partial charge in [0, 0.05) is 35.9 Å². The van der Waals surface area contributed by atoms with Crippen molar-refractivity contribution in [1.29, 1.82) is 0 Å². The van der Waals surface area contributed by atoms with E-state index in [0.29, 0.717) is 31.7 Å². The molecule has 1 aromatic carbocycles. The number of amides is 2. The maximum atomic E-state index is 12.4. The van der Waals surface area contributed by atoms with Gasteiger partial charge in [0.25, 0.3) is 0 Å². The Bertz CT molecular complexity index is 860. The van der Waals surface area contributed by atoms with Gasteiger partial charge in [-0.2, -0.15) is 0 Å². The van der Waals surface area contributed by atoms with E-state index in [2.05, 4.69) is 5.32 Å². The summed E-state index contributed by atoms with van der Waals surface area (Å²) in [5.41, 5.74) is 1.49. The number of carboxylic acids is 1. The molecule has 144 valence electrons. The number of anilines is 1. The lowest BCUT2D eigenvalue weighted by molar-refractivity contribution is -0.144. The van der Waals surface area contributed by atoms with Crippen molar-refractivity contribution >= 4 is 34.6 Å². The van der Waals surface area contributed by atoms with Crippen molar-refractivity contribution in [1.82, 2.24) is 9.47 Å². The fourth-order valence-corrected chi connectivity index (χ4v) is 3.33. The van der Waals surface area contributed by atoms with Gasteiger partial charge in [0.2, 0.25) is 0 Å². The number of urea groups is 1. The highest BCUT2D eigenvalue weighted by Gasteiger charge is 2.28. The summed E-state index contributed by atoms with van der Waals surface area (Å²) in [5.74, 6) is -1.67. The van der Waals surface area contributed by atoms with E-state index in [0.717, 1.165) is 10.9 Å². The normalized spacial score (nSPS) is 16.9. The minimum Gasteiger partial charge on any atom is -0.481 e. The molecule has 2 aromatic rings. The summed E-state index contributed by atoms with van der Waals surface area (Å²) in [4.78, 5) is 36.8. The van der Waals surface area contributed by atoms with E-state index < -0.39 is 11.9 Å². The number of likely N-dealkylation sites (tertiary alicyclic amines) is 1. The molecule has 1 aliphatic rings. The second-order valence-corrected chi connectivity index (χ2v) is 6.58. The van der Waals surface area contributed by atoms with Gasteiger partial charge >= 0.3 is 18.0 Å². The van der Waals surface area contributed by atoms with Gasteiger partial charge in [-0.3, -0.25) is 9.59 Å². The van der Waals surface area contributed by atoms with E-state index in [4.69, 9.17) is 9.84 Å². The van der Waals surface area contributed by atoms with Crippen molar-refractivity contribution in [2.45, 2.75) is 26.3 Å². The van der Waals surface area contributed by atoms with Crippen LogP contribution < -0.4 is 5.32 Å². The number of rotatable bonds is 5. The Labute approximate surface area is 156 Å². The third kappa shape index (κ3) is 4.39. The minimum atomic E-state index is -0.864. The van der Waals surface area contributed by atoms with Gasteiger partial charge in [0.15, 0.2) is 0 Å². The van der Waals surface area contributed by atoms with Gasteiger partial charge < -0.3 is 24.6 Å². The molecule has 1 unspecified atom stereocenters. The van der Waals surface area contributed by atoms with Crippen molar-refractivity contribution in [2.24, 2.45) is 5.92 Å². The summed E-state index contributed by atoms with van der Waals surface area (Å²) >= 11 is 0. The number of carbonyl (C=O) groups is 3. The molecule has 3 rings (SSSR count). The Balaban J connectivity index is 1.68. The van der Waals surface area contributed by atoms with Gasteiger partial charge in [-0.05, 0) is 44.0 Å². The average molecular weight is 373 g/mol. The topological polar surface area (TPSA) is 101 Å². The Kier molecular flexibility index (Phi) is 5.63. The summed E-state index contributed by atoms with van der Waals surface area (Å²) in [6.07, 6.45) is 3.08. The van der Waals surface area contributed by atoms with E-state index in [1.165, 1.54) is 0 Å². The minimum absolute atomic E-state index is 0.132. The van der Waals surface area contributed by atoms with E-state index in [1.807, 2.05) is 18.2 Å². The predicted octanol–water partition coefficient (Wildman–Crippen LogP) is 2.53. The van der Waals surface area contributed by atoms with Gasteiger partial charge in [-0.25, -0.2) is 4.79 Å². The first-order valence-corrected chi connectivity index (χ1v) is 9.01. The summed E-state index contributed by atoms with van der Waals surface area (Å²) in [7, 11) is 0. The molecule has 1 aliphatic heterocycles. The molecule has 0 spiro atoms. The zero-order chi connectivity index (χ0) is 19.4. The highest BCUT2D eigenvalue weighted by molar-refractivity contribution is 5.93. The molecule has 2 amide bonds. The fourth-order valence-electron chi connectivity index (χ4n) is 3.33. The number of piperidine rings is 1. The molecule has 1 atom stereocenters. The number of carboxylic acid groups (broad SMARTS) is 1. The van der Waals surface area contributed by atoms with Crippen LogP contribution in [0.5, 0.6) is 0 Å². The van der Waals surface area contributed by atoms with Gasteiger partial charge in [0.1, 0.15) is 6.54 Å². The standard InChI is InChI=1S/C19H23N3O5/c1-2-27-17(23)12-21-9-7-13-10-15(5-6-16(13)21)20-19(26)22-8-3-4-14(11-22)18(24)25/h5-7,9-10,14H,2-4,8,11-12H2,1H3,(H,20,26)(H,24,25). The number of ether oxygens (including phenoxy) is 1. The zero-order valence-electron chi connectivity index (χ0n) is 15.2. The third-order valence-corrected chi connectivity index (χ3v) is 4.68. The molecule has 1 aromatic heterocycles. The summed E-state index contributed by atoms with van der Waals surface area (Å²) < 4.78 is 6.76. The average Bonchev–Trinajstić information content (AvgIpc) is 3.04. The Morgan fingerprint density at radius 1 is 1.30 bits per heavy atom. The van der Waals surface area contributed by atoms with Gasteiger partial charge in [-0.15, -0.1) is 0 Å². The molecular formula is C19H23N3O5. The zero-order valence-corrected chi connectivity index (χ0v) is 15.2. The van der Waals surface area contributed by atoms with Crippen LogP contribution >= 0.6 is 0 Å². The maximum absolute atomic E-state index is 12.4. The summed E-state index contributed by atoms with van der Waals surface area (Å²) in [6, 6.07) is 6.99.